The number of rotatable bonds is 5. The molecular weight excluding hydrogens is 400 g/mol. The maximum atomic E-state index is 12.9. The molecule has 5 aliphatic rings. The van der Waals surface area contributed by atoms with Gasteiger partial charge in [0.15, 0.2) is 0 Å². The highest BCUT2D eigenvalue weighted by Gasteiger charge is 2.53. The van der Waals surface area contributed by atoms with Crippen molar-refractivity contribution in [3.8, 4) is 0 Å². The standard InChI is InChI=1S/C23H32N2O4S/c1-16(23-13-17-10-18(14-23)12-19(11-17)15-23)24-22(26)20-2-4-21(5-3-20)30(27,28)25-6-8-29-9-7-25/h2-5,16-19H,6-15H2,1H3,(H,24,26)/t16-,17?,18?,19?,23?/m0/s1. The summed E-state index contributed by atoms with van der Waals surface area (Å²) in [6.45, 7) is 3.74. The lowest BCUT2D eigenvalue weighted by molar-refractivity contribution is -0.0688. The van der Waals surface area contributed by atoms with Crippen LogP contribution >= 0.6 is 0 Å². The molecule has 164 valence electrons. The molecule has 1 amide bonds. The molecule has 4 bridgehead atoms. The number of nitrogens with zero attached hydrogens (tertiary/aromatic N) is 1. The van der Waals surface area contributed by atoms with E-state index >= 15 is 0 Å². The molecule has 1 N–H and O–H groups in total. The minimum atomic E-state index is -3.54. The van der Waals surface area contributed by atoms with Crippen molar-refractivity contribution in [3.63, 3.8) is 0 Å². The molecule has 5 fully saturated rings. The summed E-state index contributed by atoms with van der Waals surface area (Å²) in [5.74, 6) is 2.44. The Kier molecular flexibility index (Phi) is 5.19. The monoisotopic (exact) mass is 432 g/mol. The molecule has 6 rings (SSSR count). The van der Waals surface area contributed by atoms with Crippen LogP contribution in [-0.2, 0) is 14.8 Å². The molecule has 30 heavy (non-hydrogen) atoms. The number of nitrogens with one attached hydrogen (secondary N) is 1. The molecule has 1 aliphatic heterocycles. The first-order valence-corrected chi connectivity index (χ1v) is 12.8. The van der Waals surface area contributed by atoms with Crippen LogP contribution in [0.2, 0.25) is 0 Å². The first-order chi connectivity index (χ1) is 14.4. The third-order valence-corrected chi connectivity index (χ3v) is 9.99. The van der Waals surface area contributed by atoms with E-state index in [0.717, 1.165) is 17.8 Å². The summed E-state index contributed by atoms with van der Waals surface area (Å²) in [6, 6.07) is 6.52. The molecule has 0 aromatic heterocycles. The van der Waals surface area contributed by atoms with Crippen molar-refractivity contribution in [1.82, 2.24) is 9.62 Å². The molecule has 0 spiro atoms. The fraction of sp³-hybridized carbons (Fsp3) is 0.696. The van der Waals surface area contributed by atoms with Gasteiger partial charge >= 0.3 is 0 Å². The van der Waals surface area contributed by atoms with Crippen molar-refractivity contribution in [3.05, 3.63) is 29.8 Å². The quantitative estimate of drug-likeness (QED) is 0.776. The summed E-state index contributed by atoms with van der Waals surface area (Å²) in [7, 11) is -3.54. The zero-order valence-electron chi connectivity index (χ0n) is 17.7. The number of benzene rings is 1. The Labute approximate surface area is 179 Å². The van der Waals surface area contributed by atoms with Gasteiger partial charge in [-0.15, -0.1) is 0 Å². The van der Waals surface area contributed by atoms with E-state index in [-0.39, 0.29) is 22.3 Å². The maximum Gasteiger partial charge on any atom is 0.251 e. The van der Waals surface area contributed by atoms with Crippen molar-refractivity contribution in [2.45, 2.75) is 56.4 Å². The molecule has 1 aromatic rings. The Bertz CT molecular complexity index is 870. The van der Waals surface area contributed by atoms with Crippen molar-refractivity contribution < 1.29 is 17.9 Å². The van der Waals surface area contributed by atoms with Crippen LogP contribution in [0.1, 0.15) is 55.8 Å². The van der Waals surface area contributed by atoms with Crippen molar-refractivity contribution in [2.75, 3.05) is 26.3 Å². The Hall–Kier alpha value is -1.44. The van der Waals surface area contributed by atoms with Gasteiger partial charge in [-0.05, 0) is 92.9 Å². The van der Waals surface area contributed by atoms with Gasteiger partial charge in [-0.25, -0.2) is 8.42 Å². The topological polar surface area (TPSA) is 75.7 Å². The number of sulfonamides is 1. The van der Waals surface area contributed by atoms with Gasteiger partial charge < -0.3 is 10.1 Å². The van der Waals surface area contributed by atoms with E-state index in [2.05, 4.69) is 12.2 Å². The smallest absolute Gasteiger partial charge is 0.251 e. The average molecular weight is 433 g/mol. The van der Waals surface area contributed by atoms with Gasteiger partial charge in [0.1, 0.15) is 0 Å². The van der Waals surface area contributed by atoms with Crippen LogP contribution in [0.4, 0.5) is 0 Å². The van der Waals surface area contributed by atoms with E-state index in [1.54, 1.807) is 24.3 Å². The Morgan fingerprint density at radius 3 is 2.10 bits per heavy atom. The summed E-state index contributed by atoms with van der Waals surface area (Å²) in [5, 5.41) is 3.26. The fourth-order valence-corrected chi connectivity index (χ4v) is 8.26. The Balaban J connectivity index is 1.27. The van der Waals surface area contributed by atoms with Gasteiger partial charge in [-0.3, -0.25) is 4.79 Å². The zero-order chi connectivity index (χ0) is 20.9. The molecule has 7 heteroatoms. The average Bonchev–Trinajstić information content (AvgIpc) is 2.73. The van der Waals surface area contributed by atoms with Gasteiger partial charge in [0.2, 0.25) is 10.0 Å². The van der Waals surface area contributed by atoms with Gasteiger partial charge in [0.25, 0.3) is 5.91 Å². The molecule has 1 aromatic carbocycles. The van der Waals surface area contributed by atoms with Crippen LogP contribution in [0, 0.1) is 23.2 Å². The number of amides is 1. The van der Waals surface area contributed by atoms with Crippen LogP contribution in [0.3, 0.4) is 0 Å². The van der Waals surface area contributed by atoms with Crippen LogP contribution in [0.15, 0.2) is 29.2 Å². The number of ether oxygens (including phenoxy) is 1. The summed E-state index contributed by atoms with van der Waals surface area (Å²) in [4.78, 5) is 13.2. The lowest BCUT2D eigenvalue weighted by atomic mass is 9.48. The lowest BCUT2D eigenvalue weighted by Crippen LogP contribution is -2.55. The molecule has 0 unspecified atom stereocenters. The minimum Gasteiger partial charge on any atom is -0.379 e. The third kappa shape index (κ3) is 3.59. The van der Waals surface area contributed by atoms with Gasteiger partial charge in [-0.2, -0.15) is 4.31 Å². The number of carbonyl (C=O) groups is 1. The molecule has 0 radical (unpaired) electrons. The maximum absolute atomic E-state index is 12.9. The Morgan fingerprint density at radius 1 is 1.03 bits per heavy atom. The molecule has 1 saturated heterocycles. The van der Waals surface area contributed by atoms with Gasteiger partial charge in [-0.1, -0.05) is 0 Å². The number of hydrogen-bond donors (Lipinski definition) is 1. The summed E-state index contributed by atoms with van der Waals surface area (Å²) in [6.07, 6.45) is 7.91. The molecule has 4 saturated carbocycles. The molecule has 1 atom stereocenters. The van der Waals surface area contributed by atoms with Gasteiger partial charge in [0.05, 0.1) is 18.1 Å². The number of hydrogen-bond acceptors (Lipinski definition) is 4. The van der Waals surface area contributed by atoms with Crippen LogP contribution in [-0.4, -0.2) is 51.0 Å². The SMILES string of the molecule is C[C@H](NC(=O)c1ccc(S(=O)(=O)N2CCOCC2)cc1)C12CC3CC(CC(C3)C1)C2. The normalized spacial score (nSPS) is 34.6. The highest BCUT2D eigenvalue weighted by atomic mass is 32.2. The largest absolute Gasteiger partial charge is 0.379 e. The van der Waals surface area contributed by atoms with E-state index in [9.17, 15) is 13.2 Å². The van der Waals surface area contributed by atoms with Crippen molar-refractivity contribution in [2.24, 2.45) is 23.2 Å². The summed E-state index contributed by atoms with van der Waals surface area (Å²) >= 11 is 0. The van der Waals surface area contributed by atoms with E-state index in [1.165, 1.54) is 42.8 Å². The predicted molar refractivity (Wildman–Crippen MR) is 114 cm³/mol. The summed E-state index contributed by atoms with van der Waals surface area (Å²) < 4.78 is 32.2. The molecule has 1 heterocycles. The van der Waals surface area contributed by atoms with E-state index in [4.69, 9.17) is 4.74 Å². The predicted octanol–water partition coefficient (Wildman–Crippen LogP) is 3.04. The van der Waals surface area contributed by atoms with E-state index in [1.807, 2.05) is 0 Å². The van der Waals surface area contributed by atoms with Gasteiger partial charge in [0, 0.05) is 24.7 Å². The summed E-state index contributed by atoms with van der Waals surface area (Å²) in [5.41, 5.74) is 0.775. The zero-order valence-corrected chi connectivity index (χ0v) is 18.5. The first-order valence-electron chi connectivity index (χ1n) is 11.3. The van der Waals surface area contributed by atoms with E-state index in [0.29, 0.717) is 31.9 Å². The highest BCUT2D eigenvalue weighted by Crippen LogP contribution is 2.61. The van der Waals surface area contributed by atoms with Crippen LogP contribution < -0.4 is 5.32 Å². The van der Waals surface area contributed by atoms with Crippen LogP contribution in [0.25, 0.3) is 0 Å². The second kappa shape index (κ2) is 7.61. The molecule has 6 nitrogen and oxygen atoms in total. The Morgan fingerprint density at radius 2 is 1.57 bits per heavy atom. The van der Waals surface area contributed by atoms with Crippen LogP contribution in [0.5, 0.6) is 0 Å². The van der Waals surface area contributed by atoms with E-state index < -0.39 is 10.0 Å². The van der Waals surface area contributed by atoms with Crippen molar-refractivity contribution >= 4 is 15.9 Å². The highest BCUT2D eigenvalue weighted by molar-refractivity contribution is 7.89. The number of carbonyl (C=O) groups excluding carboxylic acids is 1. The molecule has 4 aliphatic carbocycles. The number of morpholine rings is 1. The minimum absolute atomic E-state index is 0.103. The van der Waals surface area contributed by atoms with Crippen molar-refractivity contribution in [1.29, 1.82) is 0 Å². The fourth-order valence-electron chi connectivity index (χ4n) is 6.86. The molecular formula is C23H32N2O4S. The first kappa shape index (κ1) is 20.5. The second-order valence-electron chi connectivity index (χ2n) is 10.0. The second-order valence-corrected chi connectivity index (χ2v) is 12.0. The third-order valence-electron chi connectivity index (χ3n) is 8.08. The lowest BCUT2D eigenvalue weighted by Gasteiger charge is -2.59.